The zero-order chi connectivity index (χ0) is 23.0. The van der Waals surface area contributed by atoms with Crippen LogP contribution in [0.25, 0.3) is 0 Å². The van der Waals surface area contributed by atoms with Crippen LogP contribution in [0.3, 0.4) is 0 Å². The second-order valence-electron chi connectivity index (χ2n) is 11.7. The van der Waals surface area contributed by atoms with Crippen molar-refractivity contribution < 1.29 is 19.7 Å². The Bertz CT molecular complexity index is 990. The van der Waals surface area contributed by atoms with Crippen LogP contribution in [0.1, 0.15) is 69.8 Å². The molecule has 0 unspecified atom stereocenters. The van der Waals surface area contributed by atoms with Crippen LogP contribution in [0.2, 0.25) is 0 Å². The van der Waals surface area contributed by atoms with Crippen LogP contribution in [0, 0.1) is 17.3 Å². The molecule has 1 aliphatic heterocycles. The predicted octanol–water partition coefficient (Wildman–Crippen LogP) is 4.85. The first-order chi connectivity index (χ1) is 15.7. The van der Waals surface area contributed by atoms with Crippen molar-refractivity contribution in [2.45, 2.75) is 81.7 Å². The molecule has 6 atom stereocenters. The summed E-state index contributed by atoms with van der Waals surface area (Å²) in [5.41, 5.74) is 4.28. The van der Waals surface area contributed by atoms with Gasteiger partial charge in [-0.15, -0.1) is 0 Å². The van der Waals surface area contributed by atoms with E-state index in [0.717, 1.165) is 44.9 Å². The van der Waals surface area contributed by atoms with E-state index in [9.17, 15) is 10.2 Å². The first-order valence-electron chi connectivity index (χ1n) is 12.7. The standard InChI is InChI=1S/C28H37NO4/c1-26-16-21(18-4-6-19(7-5-18)29(2)3)25-20(22(26)8-9-24(26)30)10-12-27(31)17-28(13-11-23(25)27)32-14-15-33-28/h4-7,14-15,20-22,24,30-31H,8-13,16-17H2,1-3H3/t20-,21+,22-,24-,26-,27+/m0/s1. The highest BCUT2D eigenvalue weighted by Crippen LogP contribution is 2.65. The minimum atomic E-state index is -0.872. The molecular formula is C28H37NO4. The Labute approximate surface area is 197 Å². The molecule has 3 fully saturated rings. The summed E-state index contributed by atoms with van der Waals surface area (Å²) >= 11 is 0. The smallest absolute Gasteiger partial charge is 0.253 e. The average Bonchev–Trinajstić information content (AvgIpc) is 3.36. The van der Waals surface area contributed by atoms with E-state index in [1.807, 2.05) is 0 Å². The molecule has 0 amide bonds. The first kappa shape index (κ1) is 21.5. The number of aliphatic hydroxyl groups is 2. The summed E-state index contributed by atoms with van der Waals surface area (Å²) in [5.74, 6) is 0.460. The van der Waals surface area contributed by atoms with E-state index in [0.29, 0.717) is 18.3 Å². The van der Waals surface area contributed by atoms with Gasteiger partial charge in [0.05, 0.1) is 18.1 Å². The Morgan fingerprint density at radius 2 is 1.73 bits per heavy atom. The molecule has 178 valence electrons. The third-order valence-corrected chi connectivity index (χ3v) is 9.79. The molecule has 0 bridgehead atoms. The molecule has 5 nitrogen and oxygen atoms in total. The maximum atomic E-state index is 12.0. The maximum Gasteiger partial charge on any atom is 0.253 e. The zero-order valence-corrected chi connectivity index (χ0v) is 20.1. The summed E-state index contributed by atoms with van der Waals surface area (Å²) in [7, 11) is 4.13. The fourth-order valence-electron chi connectivity index (χ4n) is 8.08. The van der Waals surface area contributed by atoms with E-state index in [1.54, 1.807) is 12.5 Å². The van der Waals surface area contributed by atoms with E-state index >= 15 is 0 Å². The summed E-state index contributed by atoms with van der Waals surface area (Å²) in [5, 5.41) is 23.1. The summed E-state index contributed by atoms with van der Waals surface area (Å²) in [4.78, 5) is 2.13. The van der Waals surface area contributed by atoms with E-state index in [1.165, 1.54) is 22.4 Å². The van der Waals surface area contributed by atoms with E-state index < -0.39 is 11.4 Å². The van der Waals surface area contributed by atoms with Crippen LogP contribution in [-0.4, -0.2) is 41.8 Å². The SMILES string of the molecule is CN(C)c1ccc([C@H]2C[C@]3(C)[C@@H](O)CC[C@H]3[C@@H]3CC[C@@]4(O)CC5(CCC4=C32)OC=CO5)cc1. The quantitative estimate of drug-likeness (QED) is 0.629. The van der Waals surface area contributed by atoms with Gasteiger partial charge in [-0.25, -0.2) is 0 Å². The van der Waals surface area contributed by atoms with Crippen molar-refractivity contribution in [2.75, 3.05) is 19.0 Å². The molecule has 1 spiro atoms. The number of hydrogen-bond donors (Lipinski definition) is 2. The van der Waals surface area contributed by atoms with E-state index in [-0.39, 0.29) is 17.4 Å². The van der Waals surface area contributed by atoms with Gasteiger partial charge in [0, 0.05) is 32.1 Å². The number of nitrogens with zero attached hydrogens (tertiary/aromatic N) is 1. The average molecular weight is 452 g/mol. The van der Waals surface area contributed by atoms with E-state index in [4.69, 9.17) is 9.47 Å². The van der Waals surface area contributed by atoms with Crippen molar-refractivity contribution in [2.24, 2.45) is 17.3 Å². The topological polar surface area (TPSA) is 62.2 Å². The molecule has 0 aromatic heterocycles. The van der Waals surface area contributed by atoms with Crippen LogP contribution in [-0.2, 0) is 9.47 Å². The second-order valence-corrected chi connectivity index (χ2v) is 11.7. The van der Waals surface area contributed by atoms with Crippen molar-refractivity contribution in [1.29, 1.82) is 0 Å². The van der Waals surface area contributed by atoms with Crippen LogP contribution in [0.5, 0.6) is 0 Å². The molecule has 0 radical (unpaired) electrons. The molecule has 1 heterocycles. The maximum absolute atomic E-state index is 12.0. The summed E-state index contributed by atoms with van der Waals surface area (Å²) in [6, 6.07) is 8.93. The molecule has 1 aromatic carbocycles. The van der Waals surface area contributed by atoms with Gasteiger partial charge in [0.1, 0.15) is 12.5 Å². The fourth-order valence-corrected chi connectivity index (χ4v) is 8.08. The van der Waals surface area contributed by atoms with Gasteiger partial charge in [0.25, 0.3) is 5.79 Å². The Kier molecular flexibility index (Phi) is 4.74. The van der Waals surface area contributed by atoms with Gasteiger partial charge in [-0.1, -0.05) is 24.6 Å². The summed E-state index contributed by atoms with van der Waals surface area (Å²) < 4.78 is 11.7. The summed E-state index contributed by atoms with van der Waals surface area (Å²) in [6.45, 7) is 2.32. The zero-order valence-electron chi connectivity index (χ0n) is 20.1. The van der Waals surface area contributed by atoms with Gasteiger partial charge in [-0.2, -0.15) is 0 Å². The molecule has 5 heteroatoms. The van der Waals surface area contributed by atoms with Crippen LogP contribution in [0.4, 0.5) is 5.69 Å². The van der Waals surface area contributed by atoms with Gasteiger partial charge in [0.15, 0.2) is 0 Å². The molecular weight excluding hydrogens is 414 g/mol. The number of anilines is 1. The van der Waals surface area contributed by atoms with Crippen LogP contribution < -0.4 is 4.90 Å². The Balaban J connectivity index is 1.45. The number of rotatable bonds is 2. The normalized spacial score (nSPS) is 40.6. The number of hydrogen-bond acceptors (Lipinski definition) is 5. The second kappa shape index (κ2) is 7.26. The van der Waals surface area contributed by atoms with Crippen molar-refractivity contribution in [3.05, 3.63) is 53.5 Å². The monoisotopic (exact) mass is 451 g/mol. The number of benzene rings is 1. The molecule has 33 heavy (non-hydrogen) atoms. The third kappa shape index (κ3) is 3.11. The summed E-state index contributed by atoms with van der Waals surface area (Å²) in [6.07, 6.45) is 9.73. The fraction of sp³-hybridized carbons (Fsp3) is 0.643. The lowest BCUT2D eigenvalue weighted by Gasteiger charge is -2.55. The van der Waals surface area contributed by atoms with Crippen LogP contribution >= 0.6 is 0 Å². The number of fused-ring (bicyclic) bond motifs is 4. The molecule has 1 aromatic rings. The molecule has 6 rings (SSSR count). The van der Waals surface area contributed by atoms with Crippen molar-refractivity contribution >= 4 is 5.69 Å². The van der Waals surface area contributed by atoms with E-state index in [2.05, 4.69) is 50.2 Å². The number of aliphatic hydroxyl groups excluding tert-OH is 1. The molecule has 5 aliphatic rings. The third-order valence-electron chi connectivity index (χ3n) is 9.79. The lowest BCUT2D eigenvalue weighted by Crippen LogP contribution is -2.53. The molecule has 0 saturated heterocycles. The van der Waals surface area contributed by atoms with Gasteiger partial charge < -0.3 is 24.6 Å². The van der Waals surface area contributed by atoms with Crippen molar-refractivity contribution in [3.63, 3.8) is 0 Å². The molecule has 3 saturated carbocycles. The Hall–Kier alpha value is -1.98. The Morgan fingerprint density at radius 3 is 2.42 bits per heavy atom. The van der Waals surface area contributed by atoms with Crippen molar-refractivity contribution in [1.82, 2.24) is 0 Å². The van der Waals surface area contributed by atoms with Crippen LogP contribution in [0.15, 0.2) is 47.9 Å². The van der Waals surface area contributed by atoms with Gasteiger partial charge in [0.2, 0.25) is 0 Å². The molecule has 4 aliphatic carbocycles. The Morgan fingerprint density at radius 1 is 1.00 bits per heavy atom. The van der Waals surface area contributed by atoms with Gasteiger partial charge >= 0.3 is 0 Å². The minimum absolute atomic E-state index is 0.0629. The van der Waals surface area contributed by atoms with Gasteiger partial charge in [-0.05, 0) is 79.0 Å². The lowest BCUT2D eigenvalue weighted by atomic mass is 9.51. The number of ether oxygens (including phenoxy) is 2. The van der Waals surface area contributed by atoms with Crippen molar-refractivity contribution in [3.8, 4) is 0 Å². The largest absolute Gasteiger partial charge is 0.457 e. The minimum Gasteiger partial charge on any atom is -0.457 e. The lowest BCUT2D eigenvalue weighted by molar-refractivity contribution is -0.196. The number of allylic oxidation sites excluding steroid dienone is 1. The highest BCUT2D eigenvalue weighted by molar-refractivity contribution is 5.50. The highest BCUT2D eigenvalue weighted by atomic mass is 16.7. The first-order valence-corrected chi connectivity index (χ1v) is 12.7. The highest BCUT2D eigenvalue weighted by Gasteiger charge is 2.60. The predicted molar refractivity (Wildman–Crippen MR) is 128 cm³/mol. The van der Waals surface area contributed by atoms with Gasteiger partial charge in [-0.3, -0.25) is 0 Å². The molecule has 2 N–H and O–H groups in total.